The minimum absolute atomic E-state index is 0.111. The van der Waals surface area contributed by atoms with Gasteiger partial charge in [-0.05, 0) is 33.3 Å². The Bertz CT molecular complexity index is 1390. The first-order valence-electron chi connectivity index (χ1n) is 10.7. The fourth-order valence-electron chi connectivity index (χ4n) is 3.33. The Balaban J connectivity index is 1.58. The molecule has 170 valence electrons. The van der Waals surface area contributed by atoms with Gasteiger partial charge in [-0.3, -0.25) is 4.79 Å². The van der Waals surface area contributed by atoms with Crippen LogP contribution >= 0.6 is 23.1 Å². The molecule has 0 bridgehead atoms. The molecule has 2 heterocycles. The van der Waals surface area contributed by atoms with E-state index in [-0.39, 0.29) is 11.7 Å². The lowest BCUT2D eigenvalue weighted by molar-refractivity contribution is -0.113. The van der Waals surface area contributed by atoms with Crippen molar-refractivity contribution in [3.8, 4) is 28.6 Å². The van der Waals surface area contributed by atoms with Gasteiger partial charge in [0, 0.05) is 16.0 Å². The average molecular weight is 486 g/mol. The van der Waals surface area contributed by atoms with Crippen LogP contribution in [0.2, 0.25) is 0 Å². The molecule has 8 heteroatoms. The Morgan fingerprint density at radius 3 is 2.12 bits per heavy atom. The molecule has 0 spiro atoms. The molecule has 0 aliphatic rings. The fourth-order valence-corrected chi connectivity index (χ4v) is 4.95. The zero-order valence-corrected chi connectivity index (χ0v) is 21.0. The number of hydrogen-bond donors (Lipinski definition) is 1. The van der Waals surface area contributed by atoms with Crippen molar-refractivity contribution in [2.24, 2.45) is 0 Å². The number of thioether (sulfide) groups is 1. The van der Waals surface area contributed by atoms with Gasteiger partial charge >= 0.3 is 0 Å². The molecule has 0 aliphatic heterocycles. The minimum Gasteiger partial charge on any atom is -0.316 e. The van der Waals surface area contributed by atoms with E-state index in [1.165, 1.54) is 23.1 Å². The third-order valence-corrected chi connectivity index (χ3v) is 7.36. The number of nitrogens with one attached hydrogen (secondary N) is 1. The third-order valence-electron chi connectivity index (χ3n) is 5.40. The van der Waals surface area contributed by atoms with Crippen LogP contribution in [0.5, 0.6) is 0 Å². The zero-order valence-electron chi connectivity index (χ0n) is 19.3. The predicted octanol–water partition coefficient (Wildman–Crippen LogP) is 6.10. The molecular formula is C26H23N5OS2. The van der Waals surface area contributed by atoms with Crippen molar-refractivity contribution in [2.45, 2.75) is 32.9 Å². The summed E-state index contributed by atoms with van der Waals surface area (Å²) < 4.78 is 0. The van der Waals surface area contributed by atoms with Crippen LogP contribution < -0.4 is 5.32 Å². The summed E-state index contributed by atoms with van der Waals surface area (Å²) in [7, 11) is 0. The van der Waals surface area contributed by atoms with E-state index in [2.05, 4.69) is 21.6 Å². The molecule has 0 radical (unpaired) electrons. The first-order chi connectivity index (χ1) is 16.4. The lowest BCUT2D eigenvalue weighted by Crippen LogP contribution is -2.14. The van der Waals surface area contributed by atoms with E-state index in [0.717, 1.165) is 38.4 Å². The van der Waals surface area contributed by atoms with Gasteiger partial charge in [-0.2, -0.15) is 5.26 Å². The molecule has 4 rings (SSSR count). The quantitative estimate of drug-likeness (QED) is 0.332. The van der Waals surface area contributed by atoms with Gasteiger partial charge in [0.05, 0.1) is 11.3 Å². The molecule has 1 N–H and O–H groups in total. The highest BCUT2D eigenvalue weighted by Gasteiger charge is 2.17. The van der Waals surface area contributed by atoms with Crippen LogP contribution in [0.3, 0.4) is 0 Å². The number of benzene rings is 2. The van der Waals surface area contributed by atoms with Gasteiger partial charge in [0.2, 0.25) is 11.1 Å². The lowest BCUT2D eigenvalue weighted by Gasteiger charge is -2.10. The molecule has 0 fully saturated rings. The van der Waals surface area contributed by atoms with Crippen molar-refractivity contribution in [2.75, 3.05) is 11.1 Å². The topological polar surface area (TPSA) is 91.6 Å². The summed E-state index contributed by atoms with van der Waals surface area (Å²) in [5, 5.41) is 22.0. The van der Waals surface area contributed by atoms with Crippen LogP contribution in [-0.4, -0.2) is 26.8 Å². The van der Waals surface area contributed by atoms with Crippen LogP contribution in [0, 0.1) is 39.0 Å². The molecule has 0 unspecified atom stereocenters. The molecule has 0 atom stereocenters. The largest absolute Gasteiger partial charge is 0.316 e. The number of aryl methyl sites for hydroxylation is 3. The monoisotopic (exact) mass is 485 g/mol. The lowest BCUT2D eigenvalue weighted by atomic mass is 10.0. The third kappa shape index (κ3) is 5.16. The molecule has 2 aromatic heterocycles. The second-order valence-electron chi connectivity index (χ2n) is 7.96. The van der Waals surface area contributed by atoms with Crippen molar-refractivity contribution in [3.63, 3.8) is 0 Å². The van der Waals surface area contributed by atoms with Crippen molar-refractivity contribution >= 4 is 34.0 Å². The number of anilines is 1. The highest BCUT2D eigenvalue weighted by molar-refractivity contribution is 7.99. The van der Waals surface area contributed by atoms with Gasteiger partial charge in [0.25, 0.3) is 0 Å². The predicted molar refractivity (Wildman–Crippen MR) is 138 cm³/mol. The van der Waals surface area contributed by atoms with Gasteiger partial charge in [0.15, 0.2) is 0 Å². The van der Waals surface area contributed by atoms with Crippen molar-refractivity contribution in [3.05, 3.63) is 75.7 Å². The van der Waals surface area contributed by atoms with E-state index < -0.39 is 0 Å². The molecule has 6 nitrogen and oxygen atoms in total. The Hall–Kier alpha value is -3.54. The number of hydrogen-bond acceptors (Lipinski definition) is 7. The van der Waals surface area contributed by atoms with Crippen LogP contribution in [0.25, 0.3) is 22.5 Å². The molecule has 34 heavy (non-hydrogen) atoms. The fraction of sp³-hybridized carbons (Fsp3) is 0.192. The van der Waals surface area contributed by atoms with Crippen molar-refractivity contribution in [1.29, 1.82) is 5.26 Å². The Labute approximate surface area is 207 Å². The summed E-state index contributed by atoms with van der Waals surface area (Å²) in [6, 6.07) is 18.4. The number of thiophene rings is 1. The summed E-state index contributed by atoms with van der Waals surface area (Å²) in [4.78, 5) is 18.4. The second kappa shape index (κ2) is 10.2. The van der Waals surface area contributed by atoms with E-state index in [1.807, 2.05) is 76.2 Å². The number of aromatic nitrogens is 3. The number of carbonyl (C=O) groups is 1. The Kier molecular flexibility index (Phi) is 7.06. The summed E-state index contributed by atoms with van der Waals surface area (Å²) >= 11 is 2.63. The van der Waals surface area contributed by atoms with Gasteiger partial charge in [-0.15, -0.1) is 21.5 Å². The smallest absolute Gasteiger partial charge is 0.235 e. The van der Waals surface area contributed by atoms with E-state index in [1.54, 1.807) is 0 Å². The van der Waals surface area contributed by atoms with Gasteiger partial charge in [-0.25, -0.2) is 4.98 Å². The maximum absolute atomic E-state index is 12.6. The standard InChI is InChI=1S/C26H23N5OS2/c1-15-5-9-19(10-6-15)23-24(20-11-7-16(2)8-12-20)30-31-26(29-23)33-14-22(32)28-25-21(13-27)17(3)18(4)34-25/h5-12H,14H2,1-4H3,(H,28,32). The minimum atomic E-state index is -0.217. The first-order valence-corrected chi connectivity index (χ1v) is 12.5. The number of nitrogens with zero attached hydrogens (tertiary/aromatic N) is 4. The van der Waals surface area contributed by atoms with E-state index in [4.69, 9.17) is 4.98 Å². The van der Waals surface area contributed by atoms with Crippen molar-refractivity contribution in [1.82, 2.24) is 15.2 Å². The molecule has 0 aliphatic carbocycles. The second-order valence-corrected chi connectivity index (χ2v) is 10.1. The number of amides is 1. The van der Waals surface area contributed by atoms with Crippen LogP contribution in [0.4, 0.5) is 5.00 Å². The molecule has 2 aromatic carbocycles. The van der Waals surface area contributed by atoms with Gasteiger partial charge < -0.3 is 5.32 Å². The first kappa shape index (κ1) is 23.6. The highest BCUT2D eigenvalue weighted by Crippen LogP contribution is 2.33. The SMILES string of the molecule is Cc1ccc(-c2nnc(SCC(=O)Nc3sc(C)c(C)c3C#N)nc2-c2ccc(C)cc2)cc1. The maximum atomic E-state index is 12.6. The number of nitriles is 1. The molecule has 4 aromatic rings. The van der Waals surface area contributed by atoms with Gasteiger partial charge in [0.1, 0.15) is 22.5 Å². The van der Waals surface area contributed by atoms with E-state index in [9.17, 15) is 10.1 Å². The molecular weight excluding hydrogens is 462 g/mol. The van der Waals surface area contributed by atoms with Gasteiger partial charge in [-0.1, -0.05) is 71.4 Å². The van der Waals surface area contributed by atoms with Crippen LogP contribution in [0.1, 0.15) is 27.1 Å². The zero-order chi connectivity index (χ0) is 24.2. The van der Waals surface area contributed by atoms with E-state index in [0.29, 0.717) is 21.4 Å². The Morgan fingerprint density at radius 2 is 1.53 bits per heavy atom. The van der Waals surface area contributed by atoms with Crippen molar-refractivity contribution < 1.29 is 4.79 Å². The number of carbonyl (C=O) groups excluding carboxylic acids is 1. The molecule has 1 amide bonds. The summed E-state index contributed by atoms with van der Waals surface area (Å²) in [6.07, 6.45) is 0. The molecule has 0 saturated heterocycles. The van der Waals surface area contributed by atoms with E-state index >= 15 is 0 Å². The molecule has 0 saturated carbocycles. The summed E-state index contributed by atoms with van der Waals surface area (Å²) in [5.41, 5.74) is 7.02. The summed E-state index contributed by atoms with van der Waals surface area (Å²) in [5.74, 6) is -0.106. The van der Waals surface area contributed by atoms with Crippen LogP contribution in [0.15, 0.2) is 53.7 Å². The number of rotatable bonds is 6. The Morgan fingerprint density at radius 1 is 0.941 bits per heavy atom. The maximum Gasteiger partial charge on any atom is 0.235 e. The normalized spacial score (nSPS) is 10.7. The average Bonchev–Trinajstić information content (AvgIpc) is 3.10. The highest BCUT2D eigenvalue weighted by atomic mass is 32.2. The summed E-state index contributed by atoms with van der Waals surface area (Å²) in [6.45, 7) is 7.90. The van der Waals surface area contributed by atoms with Crippen LogP contribution in [-0.2, 0) is 4.79 Å².